The van der Waals surface area contributed by atoms with Crippen LogP contribution in [-0.2, 0) is 7.05 Å². The third-order valence-corrected chi connectivity index (χ3v) is 5.50. The number of aromatic nitrogens is 6. The molecule has 162 valence electrons. The lowest BCUT2D eigenvalue weighted by atomic mass is 10.1. The van der Waals surface area contributed by atoms with Gasteiger partial charge in [-0.3, -0.25) is 9.48 Å². The quantitative estimate of drug-likeness (QED) is 0.453. The van der Waals surface area contributed by atoms with Gasteiger partial charge in [0.2, 0.25) is 0 Å². The average Bonchev–Trinajstić information content (AvgIpc) is 3.44. The van der Waals surface area contributed by atoms with E-state index in [9.17, 15) is 4.79 Å². The minimum atomic E-state index is -0.254. The van der Waals surface area contributed by atoms with Gasteiger partial charge in [0.1, 0.15) is 11.5 Å². The first kappa shape index (κ1) is 19.9. The van der Waals surface area contributed by atoms with Crippen molar-refractivity contribution in [3.63, 3.8) is 0 Å². The summed E-state index contributed by atoms with van der Waals surface area (Å²) in [5.74, 6) is 1.29. The molecule has 5 rings (SSSR count). The molecule has 0 aromatic carbocycles. The van der Waals surface area contributed by atoms with Gasteiger partial charge in [-0.2, -0.15) is 10.2 Å². The Hall–Kier alpha value is -4.01. The van der Waals surface area contributed by atoms with Crippen molar-refractivity contribution in [3.05, 3.63) is 53.9 Å². The third kappa shape index (κ3) is 3.13. The van der Waals surface area contributed by atoms with Gasteiger partial charge in [0.05, 0.1) is 40.1 Å². The molecule has 0 bridgehead atoms. The number of rotatable bonds is 4. The number of carbonyl (C=O) groups excluding carboxylic acids is 1. The fourth-order valence-electron chi connectivity index (χ4n) is 3.95. The summed E-state index contributed by atoms with van der Waals surface area (Å²) >= 11 is 0. The summed E-state index contributed by atoms with van der Waals surface area (Å²) in [4.78, 5) is 22.7. The van der Waals surface area contributed by atoms with Gasteiger partial charge in [-0.05, 0) is 45.9 Å². The Bertz CT molecular complexity index is 1490. The standard InChI is InChI=1S/C23H23N7O2/c1-12(2)30-22-17(10-26-30)16(9-20(27-22)15-8-13(3)32-14(15)4)23(31)28-19-6-7-24-21-18(19)11-25-29(21)5/h6-12H,1-5H3,(H,24,28,31). The molecule has 1 amide bonds. The number of hydrogen-bond donors (Lipinski definition) is 1. The molecule has 5 aromatic rings. The number of fused-ring (bicyclic) bond motifs is 2. The van der Waals surface area contributed by atoms with Crippen molar-refractivity contribution in [2.45, 2.75) is 33.7 Å². The number of furan rings is 1. The van der Waals surface area contributed by atoms with Crippen LogP contribution in [0.5, 0.6) is 0 Å². The highest BCUT2D eigenvalue weighted by molar-refractivity contribution is 6.14. The molecule has 0 aliphatic rings. The van der Waals surface area contributed by atoms with Gasteiger partial charge < -0.3 is 9.73 Å². The highest BCUT2D eigenvalue weighted by atomic mass is 16.3. The van der Waals surface area contributed by atoms with Gasteiger partial charge >= 0.3 is 0 Å². The lowest BCUT2D eigenvalue weighted by molar-refractivity contribution is 0.102. The van der Waals surface area contributed by atoms with Crippen molar-refractivity contribution in [3.8, 4) is 11.3 Å². The van der Waals surface area contributed by atoms with Crippen LogP contribution in [0.3, 0.4) is 0 Å². The van der Waals surface area contributed by atoms with Crippen LogP contribution < -0.4 is 5.32 Å². The van der Waals surface area contributed by atoms with E-state index in [4.69, 9.17) is 9.40 Å². The second kappa shape index (κ2) is 7.30. The van der Waals surface area contributed by atoms with E-state index in [0.717, 1.165) is 22.5 Å². The molecule has 0 spiro atoms. The number of carbonyl (C=O) groups is 1. The van der Waals surface area contributed by atoms with Crippen LogP contribution in [0.15, 0.2) is 41.2 Å². The fourth-order valence-corrected chi connectivity index (χ4v) is 3.95. The molecule has 0 aliphatic carbocycles. The maximum absolute atomic E-state index is 13.5. The van der Waals surface area contributed by atoms with E-state index in [1.807, 2.05) is 45.5 Å². The third-order valence-electron chi connectivity index (χ3n) is 5.50. The summed E-state index contributed by atoms with van der Waals surface area (Å²) in [7, 11) is 1.81. The number of anilines is 1. The van der Waals surface area contributed by atoms with Gasteiger partial charge in [-0.1, -0.05) is 0 Å². The molecule has 9 heteroatoms. The fraction of sp³-hybridized carbons (Fsp3) is 0.261. The molecular weight excluding hydrogens is 406 g/mol. The minimum absolute atomic E-state index is 0.0913. The van der Waals surface area contributed by atoms with Crippen molar-refractivity contribution in [2.24, 2.45) is 7.05 Å². The first-order chi connectivity index (χ1) is 15.3. The van der Waals surface area contributed by atoms with Crippen LogP contribution in [0, 0.1) is 13.8 Å². The van der Waals surface area contributed by atoms with Crippen LogP contribution in [0.2, 0.25) is 0 Å². The van der Waals surface area contributed by atoms with Gasteiger partial charge in [0, 0.05) is 24.8 Å². The van der Waals surface area contributed by atoms with E-state index < -0.39 is 0 Å². The number of hydrogen-bond acceptors (Lipinski definition) is 6. The van der Waals surface area contributed by atoms with Crippen molar-refractivity contribution >= 4 is 33.7 Å². The summed E-state index contributed by atoms with van der Waals surface area (Å²) in [5.41, 5.74) is 4.01. The zero-order chi connectivity index (χ0) is 22.6. The summed E-state index contributed by atoms with van der Waals surface area (Å²) < 4.78 is 9.20. The molecule has 5 aromatic heterocycles. The van der Waals surface area contributed by atoms with Crippen LogP contribution in [0.4, 0.5) is 5.69 Å². The van der Waals surface area contributed by atoms with E-state index in [2.05, 4.69) is 20.5 Å². The second-order valence-corrected chi connectivity index (χ2v) is 8.12. The zero-order valence-electron chi connectivity index (χ0n) is 18.5. The number of nitrogens with one attached hydrogen (secondary N) is 1. The molecule has 0 saturated carbocycles. The molecule has 0 fully saturated rings. The van der Waals surface area contributed by atoms with E-state index in [0.29, 0.717) is 33.6 Å². The maximum atomic E-state index is 13.5. The van der Waals surface area contributed by atoms with Gasteiger partial charge in [0.25, 0.3) is 5.91 Å². The van der Waals surface area contributed by atoms with Crippen LogP contribution in [0.1, 0.15) is 41.8 Å². The van der Waals surface area contributed by atoms with Gasteiger partial charge in [-0.15, -0.1) is 0 Å². The topological polar surface area (TPSA) is 104 Å². The molecular formula is C23H23N7O2. The maximum Gasteiger partial charge on any atom is 0.256 e. The number of aryl methyl sites for hydroxylation is 3. The average molecular weight is 429 g/mol. The Labute approximate surface area is 184 Å². The number of amides is 1. The van der Waals surface area contributed by atoms with Crippen molar-refractivity contribution < 1.29 is 9.21 Å². The predicted octanol–water partition coefficient (Wildman–Crippen LogP) is 4.42. The van der Waals surface area contributed by atoms with Crippen LogP contribution in [-0.4, -0.2) is 35.4 Å². The van der Waals surface area contributed by atoms with Crippen molar-refractivity contribution in [1.82, 2.24) is 29.5 Å². The van der Waals surface area contributed by atoms with Crippen molar-refractivity contribution in [2.75, 3.05) is 5.32 Å². The molecule has 1 N–H and O–H groups in total. The molecule has 32 heavy (non-hydrogen) atoms. The lowest BCUT2D eigenvalue weighted by Crippen LogP contribution is -2.14. The van der Waals surface area contributed by atoms with E-state index in [-0.39, 0.29) is 11.9 Å². The minimum Gasteiger partial charge on any atom is -0.466 e. The monoisotopic (exact) mass is 429 g/mol. The summed E-state index contributed by atoms with van der Waals surface area (Å²) in [6.07, 6.45) is 5.04. The largest absolute Gasteiger partial charge is 0.466 e. The second-order valence-electron chi connectivity index (χ2n) is 8.12. The normalized spacial score (nSPS) is 11.7. The van der Waals surface area contributed by atoms with Crippen molar-refractivity contribution in [1.29, 1.82) is 0 Å². The highest BCUT2D eigenvalue weighted by Crippen LogP contribution is 2.31. The first-order valence-corrected chi connectivity index (χ1v) is 10.4. The smallest absolute Gasteiger partial charge is 0.256 e. The molecule has 5 heterocycles. The van der Waals surface area contributed by atoms with Crippen LogP contribution >= 0.6 is 0 Å². The van der Waals surface area contributed by atoms with E-state index in [1.54, 1.807) is 35.4 Å². The molecule has 9 nitrogen and oxygen atoms in total. The molecule has 0 unspecified atom stereocenters. The molecule has 0 atom stereocenters. The van der Waals surface area contributed by atoms with E-state index in [1.165, 1.54) is 0 Å². The Morgan fingerprint density at radius 2 is 1.88 bits per heavy atom. The predicted molar refractivity (Wildman–Crippen MR) is 122 cm³/mol. The zero-order valence-corrected chi connectivity index (χ0v) is 18.5. The Morgan fingerprint density at radius 3 is 2.59 bits per heavy atom. The summed E-state index contributed by atoms with van der Waals surface area (Å²) in [5, 5.41) is 13.2. The van der Waals surface area contributed by atoms with E-state index >= 15 is 0 Å². The highest BCUT2D eigenvalue weighted by Gasteiger charge is 2.21. The number of nitrogens with zero attached hydrogens (tertiary/aromatic N) is 6. The molecule has 0 saturated heterocycles. The molecule has 0 radical (unpaired) electrons. The Morgan fingerprint density at radius 1 is 1.09 bits per heavy atom. The van der Waals surface area contributed by atoms with Gasteiger partial charge in [0.15, 0.2) is 11.3 Å². The van der Waals surface area contributed by atoms with Crippen LogP contribution in [0.25, 0.3) is 33.3 Å². The number of pyridine rings is 2. The van der Waals surface area contributed by atoms with Gasteiger partial charge in [-0.25, -0.2) is 14.6 Å². The lowest BCUT2D eigenvalue weighted by Gasteiger charge is -2.11. The summed E-state index contributed by atoms with van der Waals surface area (Å²) in [6.45, 7) is 7.85. The Kier molecular flexibility index (Phi) is 4.54. The first-order valence-electron chi connectivity index (χ1n) is 10.4. The summed E-state index contributed by atoms with van der Waals surface area (Å²) in [6, 6.07) is 5.59. The SMILES string of the molecule is Cc1cc(-c2cc(C(=O)Nc3ccnc4c3cnn4C)c3cnn(C(C)C)c3n2)c(C)o1. The Balaban J connectivity index is 1.66. The molecule has 0 aliphatic heterocycles.